The number of carbonyl (C=O) groups excluding carboxylic acids is 1. The average Bonchev–Trinajstić information content (AvgIpc) is 2.34. The van der Waals surface area contributed by atoms with E-state index in [0.29, 0.717) is 6.42 Å². The van der Waals surface area contributed by atoms with E-state index in [-0.39, 0.29) is 0 Å². The normalized spacial score (nSPS) is 12.4. The molecule has 0 fully saturated rings. The van der Waals surface area contributed by atoms with Crippen molar-refractivity contribution in [3.63, 3.8) is 0 Å². The SMILES string of the molecule is CC(C)=CCC/C(C)=C/CC/C(C)=C/CCCC=O. The van der Waals surface area contributed by atoms with Gasteiger partial charge in [-0.15, -0.1) is 0 Å². The van der Waals surface area contributed by atoms with E-state index in [0.717, 1.165) is 38.4 Å². The Hall–Kier alpha value is -1.11. The Balaban J connectivity index is 3.80. The van der Waals surface area contributed by atoms with Crippen LogP contribution in [0.1, 0.15) is 72.6 Å². The first-order valence-corrected chi connectivity index (χ1v) is 7.44. The molecule has 19 heavy (non-hydrogen) atoms. The van der Waals surface area contributed by atoms with Gasteiger partial charge in [-0.2, -0.15) is 0 Å². The van der Waals surface area contributed by atoms with Crippen LogP contribution in [0, 0.1) is 0 Å². The Morgan fingerprint density at radius 2 is 1.26 bits per heavy atom. The van der Waals surface area contributed by atoms with E-state index in [2.05, 4.69) is 45.9 Å². The van der Waals surface area contributed by atoms with Crippen LogP contribution in [-0.4, -0.2) is 6.29 Å². The third-order valence-electron chi connectivity index (χ3n) is 3.14. The standard InChI is InChI=1S/C18H30O/c1-16(2)10-8-12-18(4)14-9-13-17(3)11-6-5-7-15-19/h10-11,14-15H,5-9,12-13H2,1-4H3/b17-11+,18-14+. The summed E-state index contributed by atoms with van der Waals surface area (Å²) in [5, 5.41) is 0. The minimum atomic E-state index is 0.688. The van der Waals surface area contributed by atoms with Crippen molar-refractivity contribution in [3.05, 3.63) is 34.9 Å². The smallest absolute Gasteiger partial charge is 0.120 e. The van der Waals surface area contributed by atoms with Crippen molar-refractivity contribution in [3.8, 4) is 0 Å². The molecule has 0 amide bonds. The minimum absolute atomic E-state index is 0.688. The Labute approximate surface area is 119 Å². The molecule has 108 valence electrons. The van der Waals surface area contributed by atoms with Gasteiger partial charge in [-0.3, -0.25) is 0 Å². The molecule has 0 unspecified atom stereocenters. The van der Waals surface area contributed by atoms with Crippen LogP contribution in [0.4, 0.5) is 0 Å². The molecule has 0 spiro atoms. The van der Waals surface area contributed by atoms with Crippen LogP contribution >= 0.6 is 0 Å². The lowest BCUT2D eigenvalue weighted by Crippen LogP contribution is -1.81. The van der Waals surface area contributed by atoms with Crippen LogP contribution in [-0.2, 0) is 4.79 Å². The molecular weight excluding hydrogens is 232 g/mol. The summed E-state index contributed by atoms with van der Waals surface area (Å²) in [5.74, 6) is 0. The molecule has 0 aromatic carbocycles. The molecule has 0 atom stereocenters. The zero-order valence-electron chi connectivity index (χ0n) is 13.2. The zero-order chi connectivity index (χ0) is 14.5. The lowest BCUT2D eigenvalue weighted by molar-refractivity contribution is -0.107. The van der Waals surface area contributed by atoms with Gasteiger partial charge in [0.15, 0.2) is 0 Å². The molecule has 0 rings (SSSR count). The predicted octanol–water partition coefficient (Wildman–Crippen LogP) is 5.77. The van der Waals surface area contributed by atoms with E-state index < -0.39 is 0 Å². The highest BCUT2D eigenvalue weighted by molar-refractivity contribution is 5.49. The van der Waals surface area contributed by atoms with E-state index in [1.807, 2.05) is 0 Å². The lowest BCUT2D eigenvalue weighted by Gasteiger charge is -2.01. The van der Waals surface area contributed by atoms with E-state index in [1.165, 1.54) is 23.1 Å². The molecular formula is C18H30O. The first-order valence-electron chi connectivity index (χ1n) is 7.44. The molecule has 0 saturated carbocycles. The Bertz CT molecular complexity index is 328. The fourth-order valence-corrected chi connectivity index (χ4v) is 1.89. The number of hydrogen-bond donors (Lipinski definition) is 0. The van der Waals surface area contributed by atoms with E-state index in [1.54, 1.807) is 0 Å². The highest BCUT2D eigenvalue weighted by Gasteiger charge is 1.92. The first-order chi connectivity index (χ1) is 9.06. The third kappa shape index (κ3) is 13.1. The van der Waals surface area contributed by atoms with Crippen molar-refractivity contribution in [2.24, 2.45) is 0 Å². The van der Waals surface area contributed by atoms with Crippen LogP contribution in [0.15, 0.2) is 34.9 Å². The second kappa shape index (κ2) is 12.0. The highest BCUT2D eigenvalue weighted by Crippen LogP contribution is 2.12. The van der Waals surface area contributed by atoms with Crippen molar-refractivity contribution in [1.29, 1.82) is 0 Å². The maximum absolute atomic E-state index is 10.2. The third-order valence-corrected chi connectivity index (χ3v) is 3.14. The van der Waals surface area contributed by atoms with Crippen molar-refractivity contribution >= 4 is 6.29 Å². The van der Waals surface area contributed by atoms with Gasteiger partial charge >= 0.3 is 0 Å². The maximum Gasteiger partial charge on any atom is 0.120 e. The second-order valence-electron chi connectivity index (χ2n) is 5.56. The zero-order valence-corrected chi connectivity index (χ0v) is 13.2. The Morgan fingerprint density at radius 3 is 1.79 bits per heavy atom. The molecule has 0 saturated heterocycles. The van der Waals surface area contributed by atoms with Crippen molar-refractivity contribution in [1.82, 2.24) is 0 Å². The quantitative estimate of drug-likeness (QED) is 0.277. The largest absolute Gasteiger partial charge is 0.303 e. The number of rotatable bonds is 10. The molecule has 0 radical (unpaired) electrons. The van der Waals surface area contributed by atoms with Crippen LogP contribution in [0.2, 0.25) is 0 Å². The first kappa shape index (κ1) is 17.9. The van der Waals surface area contributed by atoms with Gasteiger partial charge in [0.05, 0.1) is 0 Å². The van der Waals surface area contributed by atoms with Crippen LogP contribution in [0.3, 0.4) is 0 Å². The van der Waals surface area contributed by atoms with Crippen LogP contribution in [0.25, 0.3) is 0 Å². The number of hydrogen-bond acceptors (Lipinski definition) is 1. The minimum Gasteiger partial charge on any atom is -0.303 e. The number of allylic oxidation sites excluding steroid dienone is 6. The Morgan fingerprint density at radius 1 is 0.737 bits per heavy atom. The van der Waals surface area contributed by atoms with Crippen molar-refractivity contribution < 1.29 is 4.79 Å². The van der Waals surface area contributed by atoms with Crippen LogP contribution in [0.5, 0.6) is 0 Å². The number of unbranched alkanes of at least 4 members (excludes halogenated alkanes) is 2. The average molecular weight is 262 g/mol. The molecule has 0 aromatic heterocycles. The molecule has 0 aliphatic carbocycles. The fourth-order valence-electron chi connectivity index (χ4n) is 1.89. The van der Waals surface area contributed by atoms with Gasteiger partial charge in [-0.1, -0.05) is 34.9 Å². The molecule has 0 N–H and O–H groups in total. The topological polar surface area (TPSA) is 17.1 Å². The summed E-state index contributed by atoms with van der Waals surface area (Å²) in [7, 11) is 0. The summed E-state index contributed by atoms with van der Waals surface area (Å²) in [6.07, 6.45) is 15.3. The molecule has 0 aliphatic rings. The summed E-state index contributed by atoms with van der Waals surface area (Å²) < 4.78 is 0. The number of aldehydes is 1. The van der Waals surface area contributed by atoms with Gasteiger partial charge in [-0.25, -0.2) is 0 Å². The summed E-state index contributed by atoms with van der Waals surface area (Å²) in [6, 6.07) is 0. The molecule has 0 aliphatic heterocycles. The van der Waals surface area contributed by atoms with Gasteiger partial charge in [0.2, 0.25) is 0 Å². The predicted molar refractivity (Wildman–Crippen MR) is 85.3 cm³/mol. The van der Waals surface area contributed by atoms with Gasteiger partial charge in [0, 0.05) is 6.42 Å². The summed E-state index contributed by atoms with van der Waals surface area (Å²) >= 11 is 0. The van der Waals surface area contributed by atoms with E-state index in [9.17, 15) is 4.79 Å². The van der Waals surface area contributed by atoms with Crippen molar-refractivity contribution in [2.45, 2.75) is 72.6 Å². The molecule has 0 heterocycles. The summed E-state index contributed by atoms with van der Waals surface area (Å²) in [6.45, 7) is 8.71. The van der Waals surface area contributed by atoms with Gasteiger partial charge in [-0.05, 0) is 66.2 Å². The summed E-state index contributed by atoms with van der Waals surface area (Å²) in [4.78, 5) is 10.2. The molecule has 1 heteroatoms. The molecule has 0 bridgehead atoms. The fraction of sp³-hybridized carbons (Fsp3) is 0.611. The lowest BCUT2D eigenvalue weighted by atomic mass is 10.1. The van der Waals surface area contributed by atoms with Crippen molar-refractivity contribution in [2.75, 3.05) is 0 Å². The summed E-state index contributed by atoms with van der Waals surface area (Å²) in [5.41, 5.74) is 4.34. The number of carbonyl (C=O) groups is 1. The van der Waals surface area contributed by atoms with E-state index >= 15 is 0 Å². The highest BCUT2D eigenvalue weighted by atomic mass is 16.1. The van der Waals surface area contributed by atoms with Gasteiger partial charge < -0.3 is 4.79 Å². The van der Waals surface area contributed by atoms with Gasteiger partial charge in [0.25, 0.3) is 0 Å². The van der Waals surface area contributed by atoms with Crippen LogP contribution < -0.4 is 0 Å². The van der Waals surface area contributed by atoms with E-state index in [4.69, 9.17) is 0 Å². The molecule has 0 aromatic rings. The second-order valence-corrected chi connectivity index (χ2v) is 5.56. The maximum atomic E-state index is 10.2. The van der Waals surface area contributed by atoms with Gasteiger partial charge in [0.1, 0.15) is 6.29 Å². The molecule has 1 nitrogen and oxygen atoms in total. The monoisotopic (exact) mass is 262 g/mol. The Kier molecular flexibility index (Phi) is 11.3.